The number of aliphatic hydroxyl groups excluding tert-OH is 1. The molecule has 1 aromatic heterocycles. The van der Waals surface area contributed by atoms with Crippen molar-refractivity contribution < 1.29 is 29.4 Å². The Morgan fingerprint density at radius 3 is 2.57 bits per heavy atom. The second kappa shape index (κ2) is 14.8. The highest BCUT2D eigenvalue weighted by molar-refractivity contribution is 9.10. The van der Waals surface area contributed by atoms with Crippen LogP contribution in [-0.2, 0) is 32.1 Å². The summed E-state index contributed by atoms with van der Waals surface area (Å²) in [7, 11) is 1.69. The van der Waals surface area contributed by atoms with E-state index in [4.69, 9.17) is 0 Å². The maximum Gasteiger partial charge on any atom is 0.307 e. The minimum absolute atomic E-state index is 0.0152. The molecule has 0 spiro atoms. The summed E-state index contributed by atoms with van der Waals surface area (Å²) >= 11 is 3.55. The number of carboxylic acid groups (broad SMARTS) is 1. The largest absolute Gasteiger partial charge is 0.481 e. The first-order chi connectivity index (χ1) is 22.1. The first-order valence-electron chi connectivity index (χ1n) is 16.1. The molecule has 5 rings (SSSR count). The summed E-state index contributed by atoms with van der Waals surface area (Å²) in [6.45, 7) is 2.27. The van der Waals surface area contributed by atoms with Crippen LogP contribution in [0.1, 0.15) is 56.6 Å². The Hall–Kier alpha value is -3.70. The van der Waals surface area contributed by atoms with E-state index < -0.39 is 47.8 Å². The summed E-state index contributed by atoms with van der Waals surface area (Å²) in [5.41, 5.74) is 2.68. The van der Waals surface area contributed by atoms with Crippen LogP contribution in [0.15, 0.2) is 59.2 Å². The van der Waals surface area contributed by atoms with E-state index in [1.54, 1.807) is 11.9 Å². The van der Waals surface area contributed by atoms with Crippen molar-refractivity contribution in [3.05, 3.63) is 70.3 Å². The van der Waals surface area contributed by atoms with E-state index in [-0.39, 0.29) is 31.2 Å². The van der Waals surface area contributed by atoms with Gasteiger partial charge in [0, 0.05) is 54.6 Å². The van der Waals surface area contributed by atoms with Crippen LogP contribution in [0.5, 0.6) is 0 Å². The molecule has 2 heterocycles. The fraction of sp³-hybridized carbons (Fsp3) is 0.486. The fourth-order valence-corrected chi connectivity index (χ4v) is 7.76. The zero-order valence-corrected chi connectivity index (χ0v) is 27.9. The topological polar surface area (TPSA) is 143 Å². The molecule has 3 unspecified atom stereocenters. The highest BCUT2D eigenvalue weighted by Crippen LogP contribution is 2.40. The number of carboxylic acids is 1. The van der Waals surface area contributed by atoms with Crippen LogP contribution in [0.2, 0.25) is 0 Å². The number of aliphatic hydroxyl groups is 1. The van der Waals surface area contributed by atoms with Crippen molar-refractivity contribution >= 4 is 50.5 Å². The van der Waals surface area contributed by atoms with Gasteiger partial charge in [0.05, 0.1) is 17.9 Å². The number of halogens is 1. The number of para-hydroxylation sites is 1. The second-order valence-electron chi connectivity index (χ2n) is 12.8. The number of nitrogens with zero attached hydrogens (tertiary/aromatic N) is 2. The number of carbonyl (C=O) groups is 4. The highest BCUT2D eigenvalue weighted by atomic mass is 79.9. The number of fused-ring (bicyclic) bond motifs is 1. The van der Waals surface area contributed by atoms with Gasteiger partial charge in [0.25, 0.3) is 0 Å². The van der Waals surface area contributed by atoms with Crippen molar-refractivity contribution in [1.29, 1.82) is 0 Å². The van der Waals surface area contributed by atoms with Crippen LogP contribution >= 0.6 is 15.9 Å². The number of carbonyl (C=O) groups excluding carboxylic acids is 3. The van der Waals surface area contributed by atoms with Gasteiger partial charge in [-0.15, -0.1) is 0 Å². The number of rotatable bonds is 11. The number of aromatic nitrogens is 1. The molecule has 46 heavy (non-hydrogen) atoms. The summed E-state index contributed by atoms with van der Waals surface area (Å²) in [5, 5.41) is 24.6. The predicted molar refractivity (Wildman–Crippen MR) is 178 cm³/mol. The Balaban J connectivity index is 1.40. The lowest BCUT2D eigenvalue weighted by molar-refractivity contribution is -0.156. The fourth-order valence-electron chi connectivity index (χ4n) is 7.35. The van der Waals surface area contributed by atoms with E-state index >= 15 is 0 Å². The van der Waals surface area contributed by atoms with Crippen LogP contribution < -0.4 is 5.32 Å². The summed E-state index contributed by atoms with van der Waals surface area (Å²) < 4.78 is 0.865. The molecule has 3 amide bonds. The minimum atomic E-state index is -1.02. The number of H-pyrrole nitrogens is 1. The smallest absolute Gasteiger partial charge is 0.307 e. The van der Waals surface area contributed by atoms with Gasteiger partial charge in [-0.25, -0.2) is 0 Å². The Morgan fingerprint density at radius 2 is 1.83 bits per heavy atom. The van der Waals surface area contributed by atoms with Gasteiger partial charge < -0.3 is 30.3 Å². The SMILES string of the molecule is CCCC1CCC[C@H](C(=O)O)[C@@H]1C(=O)N1C[C@H](O)CC1C(=O)NC(Cc1c[nH]c2ccccc12)C(=O)N(C)Cc1ccccc1Br. The summed E-state index contributed by atoms with van der Waals surface area (Å²) in [5.74, 6) is -3.92. The van der Waals surface area contributed by atoms with Gasteiger partial charge in [0.2, 0.25) is 17.7 Å². The molecular weight excluding hydrogens is 652 g/mol. The van der Waals surface area contributed by atoms with Crippen LogP contribution in [0, 0.1) is 17.8 Å². The third-order valence-electron chi connectivity index (χ3n) is 9.61. The number of β-amino-alcohol motifs (C(OH)–C–C–N with tert-alkyl or cyclic N) is 1. The maximum absolute atomic E-state index is 14.1. The van der Waals surface area contributed by atoms with Crippen molar-refractivity contribution in [2.24, 2.45) is 17.8 Å². The minimum Gasteiger partial charge on any atom is -0.481 e. The second-order valence-corrected chi connectivity index (χ2v) is 13.6. The average molecular weight is 696 g/mol. The molecule has 2 fully saturated rings. The molecule has 1 aliphatic carbocycles. The number of hydrogen-bond donors (Lipinski definition) is 4. The number of aliphatic carboxylic acids is 1. The van der Waals surface area contributed by atoms with Gasteiger partial charge in [-0.05, 0) is 48.4 Å². The lowest BCUT2D eigenvalue weighted by Gasteiger charge is -2.38. The van der Waals surface area contributed by atoms with Crippen molar-refractivity contribution in [1.82, 2.24) is 20.1 Å². The molecule has 1 saturated heterocycles. The highest BCUT2D eigenvalue weighted by Gasteiger charge is 2.48. The predicted octanol–water partition coefficient (Wildman–Crippen LogP) is 4.50. The van der Waals surface area contributed by atoms with Crippen LogP contribution in [0.3, 0.4) is 0 Å². The third-order valence-corrected chi connectivity index (χ3v) is 10.4. The zero-order valence-electron chi connectivity index (χ0n) is 26.3. The van der Waals surface area contributed by atoms with E-state index in [9.17, 15) is 29.4 Å². The number of amides is 3. The number of hydrogen-bond acceptors (Lipinski definition) is 5. The van der Waals surface area contributed by atoms with Gasteiger partial charge in [0.1, 0.15) is 12.1 Å². The molecule has 3 aromatic rings. The molecule has 6 atom stereocenters. The lowest BCUT2D eigenvalue weighted by Crippen LogP contribution is -2.55. The maximum atomic E-state index is 14.1. The third kappa shape index (κ3) is 7.31. The molecule has 246 valence electrons. The summed E-state index contributed by atoms with van der Waals surface area (Å²) in [6, 6.07) is 13.4. The average Bonchev–Trinajstić information content (AvgIpc) is 3.64. The number of aromatic amines is 1. The molecule has 2 aliphatic rings. The lowest BCUT2D eigenvalue weighted by atomic mass is 9.69. The number of benzene rings is 2. The number of likely N-dealkylation sites (N-methyl/N-ethyl adjacent to an activating group) is 1. The van der Waals surface area contributed by atoms with Crippen molar-refractivity contribution in [2.45, 2.75) is 76.6 Å². The van der Waals surface area contributed by atoms with Crippen LogP contribution in [0.4, 0.5) is 0 Å². The normalized spacial score (nSPS) is 23.7. The van der Waals surface area contributed by atoms with E-state index in [0.29, 0.717) is 13.0 Å². The van der Waals surface area contributed by atoms with Crippen molar-refractivity contribution in [3.8, 4) is 0 Å². The first kappa shape index (κ1) is 33.7. The van der Waals surface area contributed by atoms with Crippen LogP contribution in [0.25, 0.3) is 10.9 Å². The zero-order chi connectivity index (χ0) is 33.0. The summed E-state index contributed by atoms with van der Waals surface area (Å²) in [6.07, 6.45) is 4.57. The van der Waals surface area contributed by atoms with E-state index in [2.05, 4.69) is 26.2 Å². The summed E-state index contributed by atoms with van der Waals surface area (Å²) in [4.78, 5) is 60.6. The number of nitrogens with one attached hydrogen (secondary N) is 2. The molecule has 1 saturated carbocycles. The van der Waals surface area contributed by atoms with E-state index in [1.807, 2.05) is 61.7 Å². The van der Waals surface area contributed by atoms with Gasteiger partial charge in [0.15, 0.2) is 0 Å². The Labute approximate surface area is 277 Å². The van der Waals surface area contributed by atoms with Crippen LogP contribution in [-0.4, -0.2) is 80.5 Å². The molecule has 2 aromatic carbocycles. The molecule has 1 aliphatic heterocycles. The molecule has 4 N–H and O–H groups in total. The first-order valence-corrected chi connectivity index (χ1v) is 16.9. The monoisotopic (exact) mass is 694 g/mol. The van der Waals surface area contributed by atoms with Gasteiger partial charge >= 0.3 is 5.97 Å². The standard InChI is InChI=1S/C35H43BrN4O6/c1-3-9-21-11-8-13-26(35(45)46)31(21)34(44)40-20-24(41)17-30(40)32(42)38-29(16-23-18-37-28-15-7-5-12-25(23)28)33(43)39(2)19-22-10-4-6-14-27(22)36/h4-7,10,12,14-15,18,21,24,26,29-31,37,41H,3,8-9,11,13,16-17,19-20H2,1-2H3,(H,38,42)(H,45,46)/t21?,24-,26+,29?,30?,31-/m1/s1. The molecular formula is C35H43BrN4O6. The van der Waals surface area contributed by atoms with Gasteiger partial charge in [-0.3, -0.25) is 19.2 Å². The van der Waals surface area contributed by atoms with Crippen molar-refractivity contribution in [3.63, 3.8) is 0 Å². The molecule has 0 bridgehead atoms. The number of likely N-dealkylation sites (tertiary alicyclic amines) is 1. The molecule has 0 radical (unpaired) electrons. The molecule has 11 heteroatoms. The van der Waals surface area contributed by atoms with Gasteiger partial charge in [-0.2, -0.15) is 0 Å². The van der Waals surface area contributed by atoms with E-state index in [1.165, 1.54) is 4.90 Å². The van der Waals surface area contributed by atoms with Gasteiger partial charge in [-0.1, -0.05) is 72.1 Å². The van der Waals surface area contributed by atoms with Crippen molar-refractivity contribution in [2.75, 3.05) is 13.6 Å². The quantitative estimate of drug-likeness (QED) is 0.233. The van der Waals surface area contributed by atoms with E-state index in [0.717, 1.165) is 52.2 Å². The Bertz CT molecular complexity index is 1570. The molecule has 10 nitrogen and oxygen atoms in total. The Morgan fingerprint density at radius 1 is 1.09 bits per heavy atom. The Kier molecular flexibility index (Phi) is 10.8.